The van der Waals surface area contributed by atoms with Crippen LogP contribution in [0.4, 0.5) is 0 Å². The summed E-state index contributed by atoms with van der Waals surface area (Å²) in [7, 11) is 0. The molecule has 1 aliphatic carbocycles. The summed E-state index contributed by atoms with van der Waals surface area (Å²) in [4.78, 5) is 14.0. The van der Waals surface area contributed by atoms with Crippen molar-refractivity contribution in [3.05, 3.63) is 0 Å². The molecule has 4 nitrogen and oxygen atoms in total. The summed E-state index contributed by atoms with van der Waals surface area (Å²) in [5, 5.41) is 3.31. The van der Waals surface area contributed by atoms with E-state index in [1.807, 2.05) is 4.90 Å². The Morgan fingerprint density at radius 3 is 2.61 bits per heavy atom. The van der Waals surface area contributed by atoms with Crippen molar-refractivity contribution < 1.29 is 9.53 Å². The van der Waals surface area contributed by atoms with E-state index in [4.69, 9.17) is 4.74 Å². The van der Waals surface area contributed by atoms with Crippen molar-refractivity contribution in [2.45, 2.75) is 51.0 Å². The van der Waals surface area contributed by atoms with Crippen molar-refractivity contribution in [1.29, 1.82) is 0 Å². The van der Waals surface area contributed by atoms with Crippen molar-refractivity contribution >= 4 is 5.91 Å². The maximum atomic E-state index is 12.1. The van der Waals surface area contributed by atoms with E-state index in [0.717, 1.165) is 45.4 Å². The maximum Gasteiger partial charge on any atom is 0.248 e. The molecule has 2 rings (SSSR count). The Bertz CT molecular complexity index is 242. The first-order valence-corrected chi connectivity index (χ1v) is 7.46. The zero-order chi connectivity index (χ0) is 12.6. The molecular weight excluding hydrogens is 228 g/mol. The standard InChI is InChI=1S/C14H26N2O2/c17-14(16-10-5-8-15-9-11-16)12-18-13-6-3-1-2-4-7-13/h13,15H,1-12H2. The van der Waals surface area contributed by atoms with E-state index in [9.17, 15) is 4.79 Å². The van der Waals surface area contributed by atoms with Gasteiger partial charge in [-0.05, 0) is 25.8 Å². The minimum absolute atomic E-state index is 0.169. The van der Waals surface area contributed by atoms with Crippen LogP contribution in [0.15, 0.2) is 0 Å². The lowest BCUT2D eigenvalue weighted by Crippen LogP contribution is -2.37. The van der Waals surface area contributed by atoms with E-state index in [1.165, 1.54) is 25.7 Å². The van der Waals surface area contributed by atoms with E-state index >= 15 is 0 Å². The second-order valence-corrected chi connectivity index (χ2v) is 5.41. The average Bonchev–Trinajstić information content (AvgIpc) is 2.80. The Kier molecular flexibility index (Phi) is 5.94. The van der Waals surface area contributed by atoms with Crippen LogP contribution in [-0.2, 0) is 9.53 Å². The second-order valence-electron chi connectivity index (χ2n) is 5.41. The number of hydrogen-bond donors (Lipinski definition) is 1. The lowest BCUT2D eigenvalue weighted by molar-refractivity contribution is -0.138. The molecule has 1 amide bonds. The summed E-state index contributed by atoms with van der Waals surface area (Å²) in [6.07, 6.45) is 8.80. The smallest absolute Gasteiger partial charge is 0.248 e. The van der Waals surface area contributed by atoms with Gasteiger partial charge in [0.2, 0.25) is 5.91 Å². The molecule has 0 aromatic heterocycles. The lowest BCUT2D eigenvalue weighted by atomic mass is 10.1. The summed E-state index contributed by atoms with van der Waals surface area (Å²) in [6, 6.07) is 0. The van der Waals surface area contributed by atoms with Crippen molar-refractivity contribution in [1.82, 2.24) is 10.2 Å². The van der Waals surface area contributed by atoms with Gasteiger partial charge >= 0.3 is 0 Å². The molecule has 1 saturated carbocycles. The normalized spacial score (nSPS) is 23.4. The fourth-order valence-corrected chi connectivity index (χ4v) is 2.78. The second kappa shape index (κ2) is 7.74. The van der Waals surface area contributed by atoms with Gasteiger partial charge in [-0.15, -0.1) is 0 Å². The average molecular weight is 254 g/mol. The Labute approximate surface area is 110 Å². The molecule has 0 aromatic rings. The summed E-state index contributed by atoms with van der Waals surface area (Å²) in [6.45, 7) is 3.92. The molecule has 0 spiro atoms. The molecule has 2 aliphatic rings. The summed E-state index contributed by atoms with van der Waals surface area (Å²) >= 11 is 0. The molecule has 18 heavy (non-hydrogen) atoms. The van der Waals surface area contributed by atoms with Crippen LogP contribution in [0.3, 0.4) is 0 Å². The highest BCUT2D eigenvalue weighted by atomic mass is 16.5. The molecule has 1 aliphatic heterocycles. The number of amides is 1. The topological polar surface area (TPSA) is 41.6 Å². The highest BCUT2D eigenvalue weighted by molar-refractivity contribution is 5.77. The van der Waals surface area contributed by atoms with Gasteiger partial charge in [0.25, 0.3) is 0 Å². The number of hydrogen-bond acceptors (Lipinski definition) is 3. The summed E-state index contributed by atoms with van der Waals surface area (Å²) < 4.78 is 5.81. The maximum absolute atomic E-state index is 12.1. The van der Waals surface area contributed by atoms with Crippen LogP contribution in [0, 0.1) is 0 Å². The SMILES string of the molecule is O=C(COC1CCCCCC1)N1CCCNCC1. The molecule has 1 saturated heterocycles. The molecule has 1 heterocycles. The molecule has 0 aromatic carbocycles. The Balaban J connectivity index is 1.69. The number of carbonyl (C=O) groups excluding carboxylic acids is 1. The highest BCUT2D eigenvalue weighted by Crippen LogP contribution is 2.19. The van der Waals surface area contributed by atoms with Crippen LogP contribution >= 0.6 is 0 Å². The molecule has 0 unspecified atom stereocenters. The fourth-order valence-electron chi connectivity index (χ4n) is 2.78. The van der Waals surface area contributed by atoms with Gasteiger partial charge in [0, 0.05) is 19.6 Å². The number of rotatable bonds is 3. The lowest BCUT2D eigenvalue weighted by Gasteiger charge is -2.22. The van der Waals surface area contributed by atoms with Gasteiger partial charge in [-0.1, -0.05) is 25.7 Å². The third-order valence-electron chi connectivity index (χ3n) is 3.94. The van der Waals surface area contributed by atoms with Gasteiger partial charge in [0.1, 0.15) is 6.61 Å². The van der Waals surface area contributed by atoms with Gasteiger partial charge in [-0.2, -0.15) is 0 Å². The van der Waals surface area contributed by atoms with E-state index in [-0.39, 0.29) is 12.5 Å². The van der Waals surface area contributed by atoms with Gasteiger partial charge in [0.15, 0.2) is 0 Å². The first-order chi connectivity index (χ1) is 8.86. The quantitative estimate of drug-likeness (QED) is 0.777. The van der Waals surface area contributed by atoms with Crippen LogP contribution in [0.5, 0.6) is 0 Å². The Morgan fingerprint density at radius 2 is 1.83 bits per heavy atom. The number of nitrogens with zero attached hydrogens (tertiary/aromatic N) is 1. The monoisotopic (exact) mass is 254 g/mol. The van der Waals surface area contributed by atoms with E-state index in [0.29, 0.717) is 6.10 Å². The largest absolute Gasteiger partial charge is 0.368 e. The number of nitrogens with one attached hydrogen (secondary N) is 1. The minimum atomic E-state index is 0.169. The molecule has 2 fully saturated rings. The van der Waals surface area contributed by atoms with Gasteiger partial charge < -0.3 is 15.0 Å². The molecule has 0 atom stereocenters. The first-order valence-electron chi connectivity index (χ1n) is 7.46. The number of ether oxygens (including phenoxy) is 1. The molecule has 4 heteroatoms. The third kappa shape index (κ3) is 4.58. The van der Waals surface area contributed by atoms with E-state index < -0.39 is 0 Å². The van der Waals surface area contributed by atoms with E-state index in [1.54, 1.807) is 0 Å². The van der Waals surface area contributed by atoms with Crippen molar-refractivity contribution in [2.75, 3.05) is 32.8 Å². The zero-order valence-corrected chi connectivity index (χ0v) is 11.3. The molecular formula is C14H26N2O2. The van der Waals surface area contributed by atoms with Crippen LogP contribution in [0.1, 0.15) is 44.9 Å². The predicted octanol–water partition coefficient (Wildman–Crippen LogP) is 1.55. The van der Waals surface area contributed by atoms with Crippen molar-refractivity contribution in [2.24, 2.45) is 0 Å². The molecule has 104 valence electrons. The van der Waals surface area contributed by atoms with Gasteiger partial charge in [-0.3, -0.25) is 4.79 Å². The number of carbonyl (C=O) groups is 1. The van der Waals surface area contributed by atoms with Crippen LogP contribution in [0.25, 0.3) is 0 Å². The third-order valence-corrected chi connectivity index (χ3v) is 3.94. The minimum Gasteiger partial charge on any atom is -0.368 e. The van der Waals surface area contributed by atoms with Gasteiger partial charge in [0.05, 0.1) is 6.10 Å². The highest BCUT2D eigenvalue weighted by Gasteiger charge is 2.18. The van der Waals surface area contributed by atoms with Crippen molar-refractivity contribution in [3.8, 4) is 0 Å². The molecule has 0 radical (unpaired) electrons. The van der Waals surface area contributed by atoms with Crippen LogP contribution < -0.4 is 5.32 Å². The van der Waals surface area contributed by atoms with Crippen molar-refractivity contribution in [3.63, 3.8) is 0 Å². The molecule has 0 bridgehead atoms. The first kappa shape index (κ1) is 13.8. The summed E-state index contributed by atoms with van der Waals surface area (Å²) in [5.74, 6) is 0.169. The fraction of sp³-hybridized carbons (Fsp3) is 0.929. The molecule has 1 N–H and O–H groups in total. The van der Waals surface area contributed by atoms with E-state index in [2.05, 4.69) is 5.32 Å². The summed E-state index contributed by atoms with van der Waals surface area (Å²) in [5.41, 5.74) is 0. The Morgan fingerprint density at radius 1 is 1.06 bits per heavy atom. The zero-order valence-electron chi connectivity index (χ0n) is 11.3. The van der Waals surface area contributed by atoms with Crippen LogP contribution in [-0.4, -0.2) is 49.7 Å². The predicted molar refractivity (Wildman–Crippen MR) is 71.5 cm³/mol. The van der Waals surface area contributed by atoms with Gasteiger partial charge in [-0.25, -0.2) is 0 Å². The van der Waals surface area contributed by atoms with Crippen LogP contribution in [0.2, 0.25) is 0 Å². The Hall–Kier alpha value is -0.610.